The van der Waals surface area contributed by atoms with Crippen LogP contribution in [0.5, 0.6) is 0 Å². The van der Waals surface area contributed by atoms with Gasteiger partial charge in [0.25, 0.3) is 0 Å². The molecule has 0 aliphatic carbocycles. The molecule has 0 fully saturated rings. The molecule has 3 nitrogen and oxygen atoms in total. The van der Waals surface area contributed by atoms with Crippen LogP contribution in [-0.4, -0.2) is 16.0 Å². The van der Waals surface area contributed by atoms with Crippen LogP contribution in [0.1, 0.15) is 47.7 Å². The molecular weight excluding hydrogens is 456 g/mol. The molecule has 0 aliphatic heterocycles. The summed E-state index contributed by atoms with van der Waals surface area (Å²) < 4.78 is 28.3. The van der Waals surface area contributed by atoms with Gasteiger partial charge in [0.05, 0.1) is 6.42 Å². The Morgan fingerprint density at radius 2 is 1.50 bits per heavy atom. The molecule has 4 aromatic carbocycles. The molecule has 0 bridgehead atoms. The van der Waals surface area contributed by atoms with Crippen LogP contribution in [0.4, 0.5) is 8.78 Å². The van der Waals surface area contributed by atoms with Crippen LogP contribution >= 0.6 is 0 Å². The van der Waals surface area contributed by atoms with Gasteiger partial charge in [0.1, 0.15) is 11.6 Å². The second-order valence-corrected chi connectivity index (χ2v) is 9.06. The molecule has 1 N–H and O–H groups in total. The molecule has 0 amide bonds. The lowest BCUT2D eigenvalue weighted by atomic mass is 9.91. The second-order valence-electron chi connectivity index (χ2n) is 9.06. The van der Waals surface area contributed by atoms with Gasteiger partial charge < -0.3 is 5.11 Å². The van der Waals surface area contributed by atoms with Crippen molar-refractivity contribution in [2.24, 2.45) is 0 Å². The van der Waals surface area contributed by atoms with Crippen molar-refractivity contribution in [2.75, 3.05) is 0 Å². The molecule has 0 aromatic heterocycles. The zero-order valence-electron chi connectivity index (χ0n) is 20.4. The smallest absolute Gasteiger partial charge is 0.305 e. The van der Waals surface area contributed by atoms with Gasteiger partial charge in [-0.25, -0.2) is 8.78 Å². The lowest BCUT2D eigenvalue weighted by Crippen LogP contribution is -2.32. The molecule has 184 valence electrons. The molecule has 0 aliphatic rings. The molecular formula is C31H29F2NO2. The third-order valence-corrected chi connectivity index (χ3v) is 6.62. The summed E-state index contributed by atoms with van der Waals surface area (Å²) in [7, 11) is 0. The summed E-state index contributed by atoms with van der Waals surface area (Å²) in [4.78, 5) is 14.3. The van der Waals surface area contributed by atoms with Gasteiger partial charge in [-0.05, 0) is 59.9 Å². The maximum absolute atomic E-state index is 14.7. The summed E-state index contributed by atoms with van der Waals surface area (Å²) in [6.07, 6.45) is -0.127. The quantitative estimate of drug-likeness (QED) is 0.264. The fourth-order valence-corrected chi connectivity index (χ4v) is 4.67. The monoisotopic (exact) mass is 485 g/mol. The standard InChI is InChI=1S/C31H29F2NO2/c1-21-13-14-25(17-28(21)27-16-15-26(32)18-29(27)33)30(19-31(35)36)34(20-23-9-5-3-6-10-23)22(2)24-11-7-4-8-12-24/h3-18,22,30H,19-20H2,1-2H3,(H,35,36). The highest BCUT2D eigenvalue weighted by Crippen LogP contribution is 2.37. The number of rotatable bonds is 9. The van der Waals surface area contributed by atoms with Gasteiger partial charge in [-0.1, -0.05) is 72.8 Å². The normalized spacial score (nSPS) is 12.9. The minimum Gasteiger partial charge on any atom is -0.481 e. The van der Waals surface area contributed by atoms with E-state index in [0.29, 0.717) is 12.1 Å². The van der Waals surface area contributed by atoms with Crippen LogP contribution in [0.3, 0.4) is 0 Å². The van der Waals surface area contributed by atoms with Gasteiger partial charge >= 0.3 is 5.97 Å². The molecule has 2 unspecified atom stereocenters. The number of aryl methyl sites for hydroxylation is 1. The minimum absolute atomic E-state index is 0.0944. The third-order valence-electron chi connectivity index (χ3n) is 6.62. The molecule has 0 radical (unpaired) electrons. The van der Waals surface area contributed by atoms with Crippen molar-refractivity contribution in [2.45, 2.75) is 38.9 Å². The van der Waals surface area contributed by atoms with E-state index in [1.54, 1.807) is 0 Å². The number of carbonyl (C=O) groups is 1. The van der Waals surface area contributed by atoms with Gasteiger partial charge in [0.2, 0.25) is 0 Å². The van der Waals surface area contributed by atoms with Crippen molar-refractivity contribution >= 4 is 5.97 Å². The fourth-order valence-electron chi connectivity index (χ4n) is 4.67. The van der Waals surface area contributed by atoms with Crippen LogP contribution in [0, 0.1) is 18.6 Å². The molecule has 5 heteroatoms. The Morgan fingerprint density at radius 3 is 2.14 bits per heavy atom. The van der Waals surface area contributed by atoms with E-state index < -0.39 is 23.6 Å². The summed E-state index contributed by atoms with van der Waals surface area (Å²) in [5, 5.41) is 9.90. The van der Waals surface area contributed by atoms with Gasteiger partial charge in [-0.3, -0.25) is 9.69 Å². The van der Waals surface area contributed by atoms with Crippen LogP contribution in [0.25, 0.3) is 11.1 Å². The molecule has 4 rings (SSSR count). The number of nitrogens with zero attached hydrogens (tertiary/aromatic N) is 1. The lowest BCUT2D eigenvalue weighted by molar-refractivity contribution is -0.138. The number of halogens is 2. The van der Waals surface area contributed by atoms with Crippen LogP contribution in [0.15, 0.2) is 97.1 Å². The largest absolute Gasteiger partial charge is 0.481 e. The zero-order valence-corrected chi connectivity index (χ0v) is 20.4. The highest BCUT2D eigenvalue weighted by atomic mass is 19.1. The first-order chi connectivity index (χ1) is 17.3. The van der Waals surface area contributed by atoms with E-state index in [-0.39, 0.29) is 18.0 Å². The average molecular weight is 486 g/mol. The summed E-state index contributed by atoms with van der Waals surface area (Å²) in [5.41, 5.74) is 4.63. The van der Waals surface area contributed by atoms with Crippen molar-refractivity contribution in [3.05, 3.63) is 131 Å². The van der Waals surface area contributed by atoms with Gasteiger partial charge in [0, 0.05) is 30.3 Å². The minimum atomic E-state index is -0.923. The molecule has 36 heavy (non-hydrogen) atoms. The van der Waals surface area contributed by atoms with E-state index in [9.17, 15) is 18.7 Å². The van der Waals surface area contributed by atoms with Crippen LogP contribution in [-0.2, 0) is 11.3 Å². The number of carboxylic acid groups (broad SMARTS) is 1. The predicted octanol–water partition coefficient (Wildman–Crippen LogP) is 7.72. The predicted molar refractivity (Wildman–Crippen MR) is 138 cm³/mol. The first kappa shape index (κ1) is 25.3. The van der Waals surface area contributed by atoms with E-state index >= 15 is 0 Å². The Morgan fingerprint density at radius 1 is 0.833 bits per heavy atom. The maximum atomic E-state index is 14.7. The maximum Gasteiger partial charge on any atom is 0.305 e. The van der Waals surface area contributed by atoms with Gasteiger partial charge in [-0.15, -0.1) is 0 Å². The van der Waals surface area contributed by atoms with Crippen molar-refractivity contribution in [1.29, 1.82) is 0 Å². The molecule has 0 saturated carbocycles. The SMILES string of the molecule is Cc1ccc(C(CC(=O)O)N(Cc2ccccc2)C(C)c2ccccc2)cc1-c1ccc(F)cc1F. The lowest BCUT2D eigenvalue weighted by Gasteiger charge is -2.37. The van der Waals surface area contributed by atoms with E-state index in [2.05, 4.69) is 11.8 Å². The van der Waals surface area contributed by atoms with Crippen molar-refractivity contribution in [3.8, 4) is 11.1 Å². The third kappa shape index (κ3) is 5.86. The first-order valence-corrected chi connectivity index (χ1v) is 12.0. The highest BCUT2D eigenvalue weighted by molar-refractivity contribution is 5.70. The fraction of sp³-hybridized carbons (Fsp3) is 0.194. The molecule has 4 aromatic rings. The highest BCUT2D eigenvalue weighted by Gasteiger charge is 2.29. The van der Waals surface area contributed by atoms with E-state index in [0.717, 1.165) is 28.3 Å². The number of benzene rings is 4. The van der Waals surface area contributed by atoms with Gasteiger partial charge in [-0.2, -0.15) is 0 Å². The summed E-state index contributed by atoms with van der Waals surface area (Å²) in [6, 6.07) is 28.5. The van der Waals surface area contributed by atoms with E-state index in [1.807, 2.05) is 85.8 Å². The Kier molecular flexibility index (Phi) is 7.91. The zero-order chi connectivity index (χ0) is 25.7. The van der Waals surface area contributed by atoms with Crippen molar-refractivity contribution in [1.82, 2.24) is 4.90 Å². The summed E-state index contributed by atoms with van der Waals surface area (Å²) >= 11 is 0. The first-order valence-electron chi connectivity index (χ1n) is 12.0. The topological polar surface area (TPSA) is 40.5 Å². The van der Waals surface area contributed by atoms with Crippen molar-refractivity contribution < 1.29 is 18.7 Å². The number of aliphatic carboxylic acids is 1. The van der Waals surface area contributed by atoms with E-state index in [4.69, 9.17) is 0 Å². The number of carboxylic acids is 1. The Balaban J connectivity index is 1.83. The van der Waals surface area contributed by atoms with Crippen LogP contribution < -0.4 is 0 Å². The van der Waals surface area contributed by atoms with Gasteiger partial charge in [0.15, 0.2) is 0 Å². The molecule has 0 heterocycles. The average Bonchev–Trinajstić information content (AvgIpc) is 2.87. The number of hydrogen-bond acceptors (Lipinski definition) is 2. The second kappa shape index (κ2) is 11.3. The Hall–Kier alpha value is -3.83. The van der Waals surface area contributed by atoms with Crippen molar-refractivity contribution in [3.63, 3.8) is 0 Å². The number of hydrogen-bond donors (Lipinski definition) is 1. The van der Waals surface area contributed by atoms with E-state index in [1.165, 1.54) is 12.1 Å². The summed E-state index contributed by atoms with van der Waals surface area (Å²) in [6.45, 7) is 4.47. The Bertz CT molecular complexity index is 1330. The molecule has 0 spiro atoms. The summed E-state index contributed by atoms with van der Waals surface area (Å²) in [5.74, 6) is -2.21. The molecule has 0 saturated heterocycles. The molecule has 2 atom stereocenters. The Labute approximate surface area is 210 Å². The van der Waals surface area contributed by atoms with Crippen LogP contribution in [0.2, 0.25) is 0 Å².